The topological polar surface area (TPSA) is 72.9 Å². The average Bonchev–Trinajstić information content (AvgIpc) is 2.71. The molecule has 2 N–H and O–H groups in total. The summed E-state index contributed by atoms with van der Waals surface area (Å²) in [6.45, 7) is 4.72. The zero-order chi connectivity index (χ0) is 14.0. The van der Waals surface area contributed by atoms with E-state index in [9.17, 15) is 9.59 Å². The van der Waals surface area contributed by atoms with Gasteiger partial charge in [-0.15, -0.1) is 0 Å². The Labute approximate surface area is 113 Å². The minimum atomic E-state index is -0.851. The first-order valence-corrected chi connectivity index (χ1v) is 6.94. The van der Waals surface area contributed by atoms with Crippen molar-refractivity contribution in [3.63, 3.8) is 0 Å². The van der Waals surface area contributed by atoms with Crippen LogP contribution in [-0.2, 0) is 4.79 Å². The number of hydrogen-bond donors (Lipinski definition) is 2. The molecule has 0 aromatic rings. The van der Waals surface area contributed by atoms with Crippen molar-refractivity contribution in [2.45, 2.75) is 25.8 Å². The number of piperidine rings is 1. The van der Waals surface area contributed by atoms with Gasteiger partial charge in [-0.25, -0.2) is 4.79 Å². The lowest BCUT2D eigenvalue weighted by Gasteiger charge is -2.32. The smallest absolute Gasteiger partial charge is 0.317 e. The van der Waals surface area contributed by atoms with Gasteiger partial charge in [0.1, 0.15) is 0 Å². The van der Waals surface area contributed by atoms with Gasteiger partial charge in [0.15, 0.2) is 0 Å². The number of carboxylic acid groups (broad SMARTS) is 1. The van der Waals surface area contributed by atoms with Crippen molar-refractivity contribution < 1.29 is 14.7 Å². The number of carbonyl (C=O) groups is 2. The molecule has 0 aromatic heterocycles. The van der Waals surface area contributed by atoms with Gasteiger partial charge < -0.3 is 20.2 Å². The van der Waals surface area contributed by atoms with E-state index in [1.54, 1.807) is 11.8 Å². The normalized spacial score (nSPS) is 27.4. The number of aliphatic carboxylic acids is 1. The Bertz CT molecular complexity index is 353. The standard InChI is InChI=1S/C13H23N3O3/c1-9(12(17)18)7-16-8-11(14-13(16)19)10-3-5-15(2)6-4-10/h9-11H,3-8H2,1-2H3,(H,14,19)(H,17,18). The Morgan fingerprint density at radius 2 is 2.11 bits per heavy atom. The monoisotopic (exact) mass is 269 g/mol. The average molecular weight is 269 g/mol. The SMILES string of the molecule is CC(CN1CC(C2CCN(C)CC2)NC1=O)C(=O)O. The van der Waals surface area contributed by atoms with Crippen LogP contribution in [0, 0.1) is 11.8 Å². The van der Waals surface area contributed by atoms with Crippen molar-refractivity contribution in [2.24, 2.45) is 11.8 Å². The Morgan fingerprint density at radius 1 is 1.47 bits per heavy atom. The minimum absolute atomic E-state index is 0.114. The lowest BCUT2D eigenvalue weighted by Crippen LogP contribution is -2.41. The van der Waals surface area contributed by atoms with Crippen molar-refractivity contribution in [1.29, 1.82) is 0 Å². The predicted molar refractivity (Wildman–Crippen MR) is 70.9 cm³/mol. The highest BCUT2D eigenvalue weighted by Gasteiger charge is 2.36. The molecule has 2 amide bonds. The van der Waals surface area contributed by atoms with Crippen LogP contribution < -0.4 is 5.32 Å². The molecule has 0 spiro atoms. The Balaban J connectivity index is 1.86. The van der Waals surface area contributed by atoms with Gasteiger partial charge in [-0.1, -0.05) is 6.92 Å². The summed E-state index contributed by atoms with van der Waals surface area (Å²) in [5.41, 5.74) is 0. The van der Waals surface area contributed by atoms with Crippen LogP contribution in [0.3, 0.4) is 0 Å². The number of nitrogens with zero attached hydrogens (tertiary/aromatic N) is 2. The lowest BCUT2D eigenvalue weighted by molar-refractivity contribution is -0.141. The van der Waals surface area contributed by atoms with E-state index in [1.807, 2.05) is 0 Å². The molecule has 2 unspecified atom stereocenters. The quantitative estimate of drug-likeness (QED) is 0.777. The molecule has 2 aliphatic heterocycles. The molecule has 0 saturated carbocycles. The Hall–Kier alpha value is -1.30. The van der Waals surface area contributed by atoms with Crippen molar-refractivity contribution in [1.82, 2.24) is 15.1 Å². The third-order valence-electron chi connectivity index (χ3n) is 4.26. The summed E-state index contributed by atoms with van der Waals surface area (Å²) in [5, 5.41) is 11.9. The van der Waals surface area contributed by atoms with Crippen LogP contribution in [0.15, 0.2) is 0 Å². The van der Waals surface area contributed by atoms with Gasteiger partial charge in [0.25, 0.3) is 0 Å². The van der Waals surface area contributed by atoms with Crippen LogP contribution in [0.1, 0.15) is 19.8 Å². The highest BCUT2D eigenvalue weighted by Crippen LogP contribution is 2.23. The molecule has 2 saturated heterocycles. The number of hydrogen-bond acceptors (Lipinski definition) is 3. The van der Waals surface area contributed by atoms with Crippen LogP contribution in [-0.4, -0.2) is 66.2 Å². The molecule has 0 bridgehead atoms. The van der Waals surface area contributed by atoms with Gasteiger partial charge in [-0.2, -0.15) is 0 Å². The van der Waals surface area contributed by atoms with Gasteiger partial charge in [0, 0.05) is 13.1 Å². The molecule has 6 nitrogen and oxygen atoms in total. The van der Waals surface area contributed by atoms with E-state index in [0.29, 0.717) is 19.0 Å². The van der Waals surface area contributed by atoms with E-state index in [-0.39, 0.29) is 12.1 Å². The lowest BCUT2D eigenvalue weighted by atomic mass is 9.90. The zero-order valence-electron chi connectivity index (χ0n) is 11.6. The first kappa shape index (κ1) is 14.1. The second-order valence-corrected chi connectivity index (χ2v) is 5.84. The fourth-order valence-corrected chi connectivity index (χ4v) is 2.88. The van der Waals surface area contributed by atoms with Crippen LogP contribution in [0.2, 0.25) is 0 Å². The van der Waals surface area contributed by atoms with Gasteiger partial charge in [-0.05, 0) is 38.9 Å². The molecule has 2 rings (SSSR count). The molecule has 108 valence electrons. The van der Waals surface area contributed by atoms with E-state index in [1.165, 1.54) is 0 Å². The molecule has 2 fully saturated rings. The molecule has 2 heterocycles. The molecule has 0 aromatic carbocycles. The number of rotatable bonds is 4. The maximum absolute atomic E-state index is 11.9. The summed E-state index contributed by atoms with van der Waals surface area (Å²) in [6, 6.07) is 0.0687. The first-order chi connectivity index (χ1) is 8.97. The molecule has 0 radical (unpaired) electrons. The fraction of sp³-hybridized carbons (Fsp3) is 0.846. The first-order valence-electron chi connectivity index (χ1n) is 6.94. The highest BCUT2D eigenvalue weighted by molar-refractivity contribution is 5.78. The minimum Gasteiger partial charge on any atom is -0.481 e. The molecule has 0 aliphatic carbocycles. The van der Waals surface area contributed by atoms with Gasteiger partial charge in [0.05, 0.1) is 12.0 Å². The van der Waals surface area contributed by atoms with Crippen LogP contribution in [0.5, 0.6) is 0 Å². The summed E-state index contributed by atoms with van der Waals surface area (Å²) in [5.74, 6) is -0.845. The number of urea groups is 1. The maximum Gasteiger partial charge on any atom is 0.317 e. The van der Waals surface area contributed by atoms with E-state index in [4.69, 9.17) is 5.11 Å². The van der Waals surface area contributed by atoms with Crippen LogP contribution in [0.25, 0.3) is 0 Å². The van der Waals surface area contributed by atoms with Crippen molar-refractivity contribution in [3.8, 4) is 0 Å². The van der Waals surface area contributed by atoms with E-state index in [0.717, 1.165) is 25.9 Å². The number of carbonyl (C=O) groups excluding carboxylic acids is 1. The summed E-state index contributed by atoms with van der Waals surface area (Å²) >= 11 is 0. The van der Waals surface area contributed by atoms with Crippen LogP contribution >= 0.6 is 0 Å². The zero-order valence-corrected chi connectivity index (χ0v) is 11.6. The summed E-state index contributed by atoms with van der Waals surface area (Å²) in [6.07, 6.45) is 2.20. The highest BCUT2D eigenvalue weighted by atomic mass is 16.4. The number of nitrogens with one attached hydrogen (secondary N) is 1. The Morgan fingerprint density at radius 3 is 2.68 bits per heavy atom. The van der Waals surface area contributed by atoms with E-state index >= 15 is 0 Å². The molecule has 2 aliphatic rings. The molecule has 2 atom stereocenters. The third kappa shape index (κ3) is 3.37. The van der Waals surface area contributed by atoms with Gasteiger partial charge in [0.2, 0.25) is 0 Å². The fourth-order valence-electron chi connectivity index (χ4n) is 2.88. The maximum atomic E-state index is 11.9. The number of amides is 2. The molecule has 19 heavy (non-hydrogen) atoms. The molecular weight excluding hydrogens is 246 g/mol. The van der Waals surface area contributed by atoms with Crippen molar-refractivity contribution in [3.05, 3.63) is 0 Å². The van der Waals surface area contributed by atoms with Crippen molar-refractivity contribution in [2.75, 3.05) is 33.2 Å². The third-order valence-corrected chi connectivity index (χ3v) is 4.26. The second-order valence-electron chi connectivity index (χ2n) is 5.84. The van der Waals surface area contributed by atoms with Crippen molar-refractivity contribution >= 4 is 12.0 Å². The summed E-state index contributed by atoms with van der Waals surface area (Å²) in [4.78, 5) is 26.7. The summed E-state index contributed by atoms with van der Waals surface area (Å²) < 4.78 is 0. The largest absolute Gasteiger partial charge is 0.481 e. The van der Waals surface area contributed by atoms with Gasteiger partial charge in [-0.3, -0.25) is 4.79 Å². The number of likely N-dealkylation sites (tertiary alicyclic amines) is 1. The van der Waals surface area contributed by atoms with Crippen LogP contribution in [0.4, 0.5) is 4.79 Å². The van der Waals surface area contributed by atoms with E-state index in [2.05, 4.69) is 17.3 Å². The predicted octanol–water partition coefficient (Wildman–Crippen LogP) is 0.443. The summed E-state index contributed by atoms with van der Waals surface area (Å²) in [7, 11) is 2.12. The second kappa shape index (κ2) is 5.77. The molecule has 6 heteroatoms. The Kier molecular flexibility index (Phi) is 4.29. The van der Waals surface area contributed by atoms with Gasteiger partial charge >= 0.3 is 12.0 Å². The number of carboxylic acids is 1. The van der Waals surface area contributed by atoms with E-state index < -0.39 is 11.9 Å². The molecular formula is C13H23N3O3.